The number of hydrogen-bond donors (Lipinski definition) is 2. The first kappa shape index (κ1) is 14.5. The summed E-state index contributed by atoms with van der Waals surface area (Å²) in [5.74, 6) is 1.21. The number of nitrogens with two attached hydrogens (primary N) is 1. The van der Waals surface area contributed by atoms with Gasteiger partial charge in [0.2, 0.25) is 5.88 Å². The number of thioether (sulfide) groups is 1. The van der Waals surface area contributed by atoms with Crippen LogP contribution in [-0.4, -0.2) is 17.8 Å². The Bertz CT molecular complexity index is 558. The van der Waals surface area contributed by atoms with Crippen molar-refractivity contribution in [3.63, 3.8) is 0 Å². The third-order valence-electron chi connectivity index (χ3n) is 2.70. The Balaban J connectivity index is 2.11. The molecule has 0 bridgehead atoms. The van der Waals surface area contributed by atoms with Gasteiger partial charge in [-0.15, -0.1) is 11.8 Å². The Morgan fingerprint density at radius 2 is 1.95 bits per heavy atom. The molecule has 0 aliphatic carbocycles. The van der Waals surface area contributed by atoms with Crippen LogP contribution in [0.1, 0.15) is 13.3 Å². The van der Waals surface area contributed by atoms with Gasteiger partial charge in [-0.3, -0.25) is 0 Å². The molecule has 0 aliphatic rings. The Hall–Kier alpha value is -1.88. The van der Waals surface area contributed by atoms with Crippen molar-refractivity contribution in [1.82, 2.24) is 4.98 Å². The average Bonchev–Trinajstić information content (AvgIpc) is 2.48. The first-order valence-corrected chi connectivity index (χ1v) is 7.75. The number of nitrogens with zero attached hydrogens (tertiary/aromatic N) is 1. The number of rotatable bonds is 6. The minimum atomic E-state index is 0.484. The molecule has 0 spiro atoms. The second-order valence-electron chi connectivity index (χ2n) is 4.29. The summed E-state index contributed by atoms with van der Waals surface area (Å²) in [7, 11) is 0. The lowest BCUT2D eigenvalue weighted by molar-refractivity contribution is 0.307. The standard InChI is InChI=1S/C15H19N3OS/c1-3-10-19-15-13(16)8-9-14(18-15)17-11-4-6-12(20-2)7-5-11/h4-9H,3,10,16H2,1-2H3,(H,17,18). The van der Waals surface area contributed by atoms with E-state index in [-0.39, 0.29) is 0 Å². The van der Waals surface area contributed by atoms with Gasteiger partial charge in [0.15, 0.2) is 0 Å². The van der Waals surface area contributed by atoms with Crippen LogP contribution in [-0.2, 0) is 0 Å². The van der Waals surface area contributed by atoms with Gasteiger partial charge in [0.25, 0.3) is 0 Å². The molecule has 0 saturated heterocycles. The maximum absolute atomic E-state index is 5.84. The maximum atomic E-state index is 5.84. The normalized spacial score (nSPS) is 10.3. The molecule has 0 fully saturated rings. The summed E-state index contributed by atoms with van der Waals surface area (Å²) in [6.07, 6.45) is 2.98. The van der Waals surface area contributed by atoms with Crippen molar-refractivity contribution in [3.05, 3.63) is 36.4 Å². The number of nitrogen functional groups attached to an aromatic ring is 1. The van der Waals surface area contributed by atoms with Crippen LogP contribution in [0.2, 0.25) is 0 Å². The summed E-state index contributed by atoms with van der Waals surface area (Å²) in [4.78, 5) is 5.61. The molecule has 1 aromatic carbocycles. The molecule has 106 valence electrons. The van der Waals surface area contributed by atoms with Crippen LogP contribution in [0.4, 0.5) is 17.2 Å². The van der Waals surface area contributed by atoms with Crippen molar-refractivity contribution in [1.29, 1.82) is 0 Å². The van der Waals surface area contributed by atoms with Crippen LogP contribution in [0.15, 0.2) is 41.3 Å². The van der Waals surface area contributed by atoms with E-state index in [1.165, 1.54) is 4.90 Å². The topological polar surface area (TPSA) is 60.2 Å². The Kier molecular flexibility index (Phi) is 5.12. The van der Waals surface area contributed by atoms with E-state index in [2.05, 4.69) is 28.7 Å². The van der Waals surface area contributed by atoms with Gasteiger partial charge < -0.3 is 15.8 Å². The SMILES string of the molecule is CCCOc1nc(Nc2ccc(SC)cc2)ccc1N. The fourth-order valence-electron chi connectivity index (χ4n) is 1.66. The molecule has 3 N–H and O–H groups in total. The summed E-state index contributed by atoms with van der Waals surface area (Å²) in [6, 6.07) is 11.8. The van der Waals surface area contributed by atoms with Crippen LogP contribution in [0.5, 0.6) is 5.88 Å². The van der Waals surface area contributed by atoms with Gasteiger partial charge in [0.05, 0.1) is 12.3 Å². The number of aromatic nitrogens is 1. The third-order valence-corrected chi connectivity index (χ3v) is 3.44. The fourth-order valence-corrected chi connectivity index (χ4v) is 2.07. The largest absolute Gasteiger partial charge is 0.476 e. The number of anilines is 3. The van der Waals surface area contributed by atoms with E-state index in [1.807, 2.05) is 25.1 Å². The molecule has 0 amide bonds. The molecule has 1 heterocycles. The minimum absolute atomic E-state index is 0.484. The first-order valence-electron chi connectivity index (χ1n) is 6.53. The maximum Gasteiger partial charge on any atom is 0.239 e. The van der Waals surface area contributed by atoms with Gasteiger partial charge in [0, 0.05) is 10.6 Å². The smallest absolute Gasteiger partial charge is 0.239 e. The molecule has 0 radical (unpaired) electrons. The molecule has 2 aromatic rings. The summed E-state index contributed by atoms with van der Waals surface area (Å²) >= 11 is 1.72. The van der Waals surface area contributed by atoms with Crippen LogP contribution in [0, 0.1) is 0 Å². The molecule has 0 unspecified atom stereocenters. The predicted octanol–water partition coefficient (Wildman–Crippen LogP) is 3.92. The quantitative estimate of drug-likeness (QED) is 0.789. The number of benzene rings is 1. The number of ether oxygens (including phenoxy) is 1. The zero-order valence-electron chi connectivity index (χ0n) is 11.7. The van der Waals surface area contributed by atoms with Crippen LogP contribution in [0.3, 0.4) is 0 Å². The molecule has 5 heteroatoms. The van der Waals surface area contributed by atoms with E-state index < -0.39 is 0 Å². The Labute approximate surface area is 123 Å². The molecule has 1 aromatic heterocycles. The van der Waals surface area contributed by atoms with Crippen molar-refractivity contribution in [2.24, 2.45) is 0 Å². The van der Waals surface area contributed by atoms with Crippen LogP contribution in [0.25, 0.3) is 0 Å². The Morgan fingerprint density at radius 1 is 1.20 bits per heavy atom. The molecule has 4 nitrogen and oxygen atoms in total. The molecule has 20 heavy (non-hydrogen) atoms. The van der Waals surface area contributed by atoms with E-state index in [0.29, 0.717) is 18.2 Å². The van der Waals surface area contributed by atoms with Gasteiger partial charge >= 0.3 is 0 Å². The summed E-state index contributed by atoms with van der Waals surface area (Å²) in [5.41, 5.74) is 7.39. The minimum Gasteiger partial charge on any atom is -0.476 e. The van der Waals surface area contributed by atoms with Gasteiger partial charge in [-0.2, -0.15) is 4.98 Å². The lowest BCUT2D eigenvalue weighted by atomic mass is 10.3. The predicted molar refractivity (Wildman–Crippen MR) is 85.9 cm³/mol. The van der Waals surface area contributed by atoms with Crippen molar-refractivity contribution in [2.75, 3.05) is 23.9 Å². The molecular formula is C15H19N3OS. The van der Waals surface area contributed by atoms with Gasteiger partial charge in [-0.05, 0) is 49.1 Å². The van der Waals surface area contributed by atoms with Crippen molar-refractivity contribution in [3.8, 4) is 5.88 Å². The van der Waals surface area contributed by atoms with Gasteiger partial charge in [-0.25, -0.2) is 0 Å². The highest BCUT2D eigenvalue weighted by atomic mass is 32.2. The highest BCUT2D eigenvalue weighted by Crippen LogP contribution is 2.24. The number of hydrogen-bond acceptors (Lipinski definition) is 5. The highest BCUT2D eigenvalue weighted by Gasteiger charge is 2.04. The lowest BCUT2D eigenvalue weighted by Crippen LogP contribution is -2.03. The first-order chi connectivity index (χ1) is 9.72. The molecule has 0 aliphatic heterocycles. The molecule has 2 rings (SSSR count). The van der Waals surface area contributed by atoms with Crippen LogP contribution >= 0.6 is 11.8 Å². The van der Waals surface area contributed by atoms with Gasteiger partial charge in [-0.1, -0.05) is 6.92 Å². The summed E-state index contributed by atoms with van der Waals surface area (Å²) in [5, 5.41) is 3.24. The molecule has 0 atom stereocenters. The third kappa shape index (κ3) is 3.81. The van der Waals surface area contributed by atoms with E-state index in [4.69, 9.17) is 10.5 Å². The monoisotopic (exact) mass is 289 g/mol. The zero-order chi connectivity index (χ0) is 14.4. The second kappa shape index (κ2) is 7.05. The Morgan fingerprint density at radius 3 is 2.60 bits per heavy atom. The van der Waals surface area contributed by atoms with E-state index in [9.17, 15) is 0 Å². The van der Waals surface area contributed by atoms with E-state index in [0.717, 1.165) is 17.9 Å². The zero-order valence-corrected chi connectivity index (χ0v) is 12.5. The molecule has 0 saturated carbocycles. The number of nitrogens with one attached hydrogen (secondary N) is 1. The molecular weight excluding hydrogens is 270 g/mol. The van der Waals surface area contributed by atoms with Gasteiger partial charge in [0.1, 0.15) is 5.82 Å². The lowest BCUT2D eigenvalue weighted by Gasteiger charge is -2.10. The van der Waals surface area contributed by atoms with E-state index >= 15 is 0 Å². The van der Waals surface area contributed by atoms with Crippen molar-refractivity contribution < 1.29 is 4.74 Å². The highest BCUT2D eigenvalue weighted by molar-refractivity contribution is 7.98. The summed E-state index contributed by atoms with van der Waals surface area (Å²) < 4.78 is 5.52. The summed E-state index contributed by atoms with van der Waals surface area (Å²) in [6.45, 7) is 2.66. The second-order valence-corrected chi connectivity index (χ2v) is 5.17. The van der Waals surface area contributed by atoms with Crippen molar-refractivity contribution in [2.45, 2.75) is 18.2 Å². The number of pyridine rings is 1. The van der Waals surface area contributed by atoms with E-state index in [1.54, 1.807) is 17.8 Å². The van der Waals surface area contributed by atoms with Crippen LogP contribution < -0.4 is 15.8 Å². The average molecular weight is 289 g/mol. The fraction of sp³-hybridized carbons (Fsp3) is 0.267. The van der Waals surface area contributed by atoms with Crippen molar-refractivity contribution >= 4 is 29.0 Å².